The quantitative estimate of drug-likeness (QED) is 0.413. The molecular weight excluding hydrogens is 300 g/mol. The number of hydrogen-bond acceptors (Lipinski definition) is 7. The van der Waals surface area contributed by atoms with Crippen LogP contribution in [0.2, 0.25) is 0 Å². The van der Waals surface area contributed by atoms with E-state index in [4.69, 9.17) is 4.52 Å². The first-order chi connectivity index (χ1) is 11.1. The molecular formula is C15H18N4O4. The maximum absolute atomic E-state index is 10.6. The average Bonchev–Trinajstić information content (AvgIpc) is 3.02. The fourth-order valence-corrected chi connectivity index (χ4v) is 1.93. The Labute approximate surface area is 133 Å². The Balaban J connectivity index is 1.87. The van der Waals surface area contributed by atoms with Gasteiger partial charge in [0.1, 0.15) is 0 Å². The second-order valence-electron chi connectivity index (χ2n) is 4.97. The summed E-state index contributed by atoms with van der Waals surface area (Å²) in [6.45, 7) is 4.36. The van der Waals surface area contributed by atoms with Crippen molar-refractivity contribution >= 4 is 5.69 Å². The van der Waals surface area contributed by atoms with E-state index in [0.717, 1.165) is 6.42 Å². The van der Waals surface area contributed by atoms with Crippen molar-refractivity contribution < 1.29 is 14.6 Å². The van der Waals surface area contributed by atoms with E-state index >= 15 is 0 Å². The largest absolute Gasteiger partial charge is 0.392 e. The lowest BCUT2D eigenvalue weighted by molar-refractivity contribution is -0.384. The van der Waals surface area contributed by atoms with Gasteiger partial charge in [0.2, 0.25) is 11.7 Å². The molecule has 0 fully saturated rings. The van der Waals surface area contributed by atoms with E-state index in [2.05, 4.69) is 22.0 Å². The van der Waals surface area contributed by atoms with Gasteiger partial charge < -0.3 is 14.9 Å². The first kappa shape index (κ1) is 16.8. The second kappa shape index (κ2) is 8.16. The molecule has 0 saturated heterocycles. The average molecular weight is 318 g/mol. The highest BCUT2D eigenvalue weighted by Crippen LogP contribution is 2.19. The van der Waals surface area contributed by atoms with E-state index in [0.29, 0.717) is 36.8 Å². The highest BCUT2D eigenvalue weighted by Gasteiger charge is 2.11. The Morgan fingerprint density at radius 3 is 2.83 bits per heavy atom. The summed E-state index contributed by atoms with van der Waals surface area (Å²) in [7, 11) is 0. The summed E-state index contributed by atoms with van der Waals surface area (Å²) in [5.41, 5.74) is 0.643. The zero-order valence-corrected chi connectivity index (χ0v) is 12.5. The topological polar surface area (TPSA) is 114 Å². The molecule has 8 nitrogen and oxygen atoms in total. The van der Waals surface area contributed by atoms with Crippen LogP contribution in [-0.2, 0) is 6.54 Å². The van der Waals surface area contributed by atoms with E-state index in [1.807, 2.05) is 0 Å². The number of nitrogens with zero attached hydrogens (tertiary/aromatic N) is 3. The Morgan fingerprint density at radius 2 is 2.17 bits per heavy atom. The van der Waals surface area contributed by atoms with Crippen molar-refractivity contribution in [3.63, 3.8) is 0 Å². The number of aliphatic hydroxyl groups excluding tert-OH is 1. The third-order valence-electron chi connectivity index (χ3n) is 3.16. The predicted octanol–water partition coefficient (Wildman–Crippen LogP) is 2.06. The summed E-state index contributed by atoms with van der Waals surface area (Å²) in [5.74, 6) is 0.748. The first-order valence-corrected chi connectivity index (χ1v) is 7.17. The number of hydrogen-bond donors (Lipinski definition) is 2. The number of nitrogens with one attached hydrogen (secondary N) is 1. The molecule has 122 valence electrons. The summed E-state index contributed by atoms with van der Waals surface area (Å²) in [6, 6.07) is 5.91. The minimum atomic E-state index is -0.465. The number of nitro groups is 1. The molecule has 0 aliphatic heterocycles. The van der Waals surface area contributed by atoms with Gasteiger partial charge in [0.05, 0.1) is 17.6 Å². The van der Waals surface area contributed by atoms with Gasteiger partial charge in [0.25, 0.3) is 5.69 Å². The zero-order chi connectivity index (χ0) is 16.7. The number of non-ortho nitro benzene ring substituents is 1. The van der Waals surface area contributed by atoms with Crippen molar-refractivity contribution in [3.05, 3.63) is 52.9 Å². The number of aliphatic hydroxyl groups is 1. The van der Waals surface area contributed by atoms with Crippen LogP contribution >= 0.6 is 0 Å². The van der Waals surface area contributed by atoms with Gasteiger partial charge in [0.15, 0.2) is 0 Å². The minimum Gasteiger partial charge on any atom is -0.392 e. The predicted molar refractivity (Wildman–Crippen MR) is 83.5 cm³/mol. The summed E-state index contributed by atoms with van der Waals surface area (Å²) in [5, 5.41) is 27.2. The number of benzene rings is 1. The third kappa shape index (κ3) is 4.97. The molecule has 0 saturated carbocycles. The van der Waals surface area contributed by atoms with Crippen LogP contribution in [0.3, 0.4) is 0 Å². The molecule has 0 spiro atoms. The molecule has 8 heteroatoms. The van der Waals surface area contributed by atoms with Crippen LogP contribution in [0.1, 0.15) is 18.7 Å². The molecule has 2 N–H and O–H groups in total. The Bertz CT molecular complexity index is 654. The molecule has 23 heavy (non-hydrogen) atoms. The lowest BCUT2D eigenvalue weighted by Gasteiger charge is -2.08. The van der Waals surface area contributed by atoms with Gasteiger partial charge in [-0.05, 0) is 25.0 Å². The molecule has 1 heterocycles. The molecule has 1 aromatic heterocycles. The van der Waals surface area contributed by atoms with Crippen LogP contribution in [-0.4, -0.2) is 32.8 Å². The lowest BCUT2D eigenvalue weighted by Crippen LogP contribution is -2.26. The standard InChI is InChI=1S/C15H18N4O4/c1-2-3-4-13(20)9-16-10-14-17-15(18-23-14)11-5-7-12(8-6-11)19(21)22/h2,5-8,13,16,20H,1,3-4,9-10H2. The van der Waals surface area contributed by atoms with Crippen molar-refractivity contribution in [2.45, 2.75) is 25.5 Å². The second-order valence-corrected chi connectivity index (χ2v) is 4.97. The number of aromatic nitrogens is 2. The molecule has 2 aromatic rings. The maximum Gasteiger partial charge on any atom is 0.269 e. The minimum absolute atomic E-state index is 0.00708. The molecule has 0 bridgehead atoms. The van der Waals surface area contributed by atoms with E-state index in [1.54, 1.807) is 18.2 Å². The molecule has 1 unspecified atom stereocenters. The van der Waals surface area contributed by atoms with Crippen LogP contribution in [0.4, 0.5) is 5.69 Å². The zero-order valence-electron chi connectivity index (χ0n) is 12.5. The van der Waals surface area contributed by atoms with Crippen molar-refractivity contribution in [2.75, 3.05) is 6.54 Å². The maximum atomic E-state index is 10.6. The number of rotatable bonds is 9. The third-order valence-corrected chi connectivity index (χ3v) is 3.16. The number of nitro benzene ring substituents is 1. The smallest absolute Gasteiger partial charge is 0.269 e. The molecule has 1 aromatic carbocycles. The Hall–Kier alpha value is -2.58. The number of allylic oxidation sites excluding steroid dienone is 1. The van der Waals surface area contributed by atoms with E-state index in [9.17, 15) is 15.2 Å². The molecule has 0 amide bonds. The van der Waals surface area contributed by atoms with E-state index in [-0.39, 0.29) is 5.69 Å². The fraction of sp³-hybridized carbons (Fsp3) is 0.333. The summed E-state index contributed by atoms with van der Waals surface area (Å²) in [6.07, 6.45) is 2.71. The van der Waals surface area contributed by atoms with Gasteiger partial charge in [-0.15, -0.1) is 6.58 Å². The van der Waals surface area contributed by atoms with Crippen molar-refractivity contribution in [2.24, 2.45) is 0 Å². The van der Waals surface area contributed by atoms with Gasteiger partial charge in [-0.1, -0.05) is 11.2 Å². The van der Waals surface area contributed by atoms with E-state index < -0.39 is 11.0 Å². The molecule has 2 rings (SSSR count). The lowest BCUT2D eigenvalue weighted by atomic mass is 10.2. The molecule has 1 atom stereocenters. The molecule has 0 radical (unpaired) electrons. The van der Waals surface area contributed by atoms with Crippen LogP contribution in [0.5, 0.6) is 0 Å². The summed E-state index contributed by atoms with van der Waals surface area (Å²) >= 11 is 0. The van der Waals surface area contributed by atoms with Gasteiger partial charge >= 0.3 is 0 Å². The summed E-state index contributed by atoms with van der Waals surface area (Å²) in [4.78, 5) is 14.4. The molecule has 0 aliphatic rings. The SMILES string of the molecule is C=CCCC(O)CNCc1nc(-c2ccc([N+](=O)[O-])cc2)no1. The highest BCUT2D eigenvalue weighted by atomic mass is 16.6. The van der Waals surface area contributed by atoms with Crippen LogP contribution in [0.15, 0.2) is 41.4 Å². The van der Waals surface area contributed by atoms with Crippen LogP contribution in [0.25, 0.3) is 11.4 Å². The highest BCUT2D eigenvalue weighted by molar-refractivity contribution is 5.56. The van der Waals surface area contributed by atoms with Gasteiger partial charge in [-0.3, -0.25) is 10.1 Å². The van der Waals surface area contributed by atoms with Crippen molar-refractivity contribution in [1.29, 1.82) is 0 Å². The van der Waals surface area contributed by atoms with Crippen molar-refractivity contribution in [3.8, 4) is 11.4 Å². The first-order valence-electron chi connectivity index (χ1n) is 7.17. The van der Waals surface area contributed by atoms with Gasteiger partial charge in [-0.2, -0.15) is 4.98 Å². The van der Waals surface area contributed by atoms with Gasteiger partial charge in [-0.25, -0.2) is 0 Å². The van der Waals surface area contributed by atoms with Gasteiger partial charge in [0, 0.05) is 24.2 Å². The monoisotopic (exact) mass is 318 g/mol. The van der Waals surface area contributed by atoms with Crippen LogP contribution in [0, 0.1) is 10.1 Å². The van der Waals surface area contributed by atoms with E-state index in [1.165, 1.54) is 12.1 Å². The Morgan fingerprint density at radius 1 is 1.43 bits per heavy atom. The summed E-state index contributed by atoms with van der Waals surface area (Å²) < 4.78 is 5.10. The fourth-order valence-electron chi connectivity index (χ4n) is 1.93. The van der Waals surface area contributed by atoms with Crippen LogP contribution < -0.4 is 5.32 Å². The van der Waals surface area contributed by atoms with Crippen molar-refractivity contribution in [1.82, 2.24) is 15.5 Å². The molecule has 0 aliphatic carbocycles. The normalized spacial score (nSPS) is 12.0. The Kier molecular flexibility index (Phi) is 5.95.